The van der Waals surface area contributed by atoms with Gasteiger partial charge in [0.1, 0.15) is 5.82 Å². The molecule has 2 aromatic rings. The maximum atomic E-state index is 12.7. The number of hydrogen-bond acceptors (Lipinski definition) is 6. The molecule has 0 spiro atoms. The van der Waals surface area contributed by atoms with E-state index in [2.05, 4.69) is 26.3 Å². The van der Waals surface area contributed by atoms with Gasteiger partial charge in [0.25, 0.3) is 0 Å². The third-order valence-electron chi connectivity index (χ3n) is 4.68. The lowest BCUT2D eigenvalue weighted by atomic mass is 9.97. The first-order valence-corrected chi connectivity index (χ1v) is 10.2. The molecule has 4 rings (SSSR count). The van der Waals surface area contributed by atoms with Gasteiger partial charge in [-0.15, -0.1) is 11.3 Å². The van der Waals surface area contributed by atoms with E-state index in [0.717, 1.165) is 49.3 Å². The van der Waals surface area contributed by atoms with E-state index in [-0.39, 0.29) is 5.92 Å². The standard InChI is InChI=1S/C17H20N4OS2/c1-11-7-15(19-17(18-11)23-2)21-9-13(10-21)16(22)20-5-3-14-12(8-20)4-6-24-14/h4,6-7,13H,3,5,8-10H2,1-2H3. The number of aryl methyl sites for hydroxylation is 1. The Morgan fingerprint density at radius 3 is 3.00 bits per heavy atom. The summed E-state index contributed by atoms with van der Waals surface area (Å²) in [5.74, 6) is 1.33. The summed E-state index contributed by atoms with van der Waals surface area (Å²) in [5.41, 5.74) is 2.30. The minimum absolute atomic E-state index is 0.0955. The summed E-state index contributed by atoms with van der Waals surface area (Å²) in [7, 11) is 0. The Labute approximate surface area is 150 Å². The van der Waals surface area contributed by atoms with Crippen LogP contribution in [0.4, 0.5) is 5.82 Å². The molecule has 0 bridgehead atoms. The van der Waals surface area contributed by atoms with Crippen molar-refractivity contribution in [1.82, 2.24) is 14.9 Å². The van der Waals surface area contributed by atoms with Gasteiger partial charge >= 0.3 is 0 Å². The molecule has 1 amide bonds. The zero-order chi connectivity index (χ0) is 16.7. The highest BCUT2D eigenvalue weighted by Gasteiger charge is 2.37. The van der Waals surface area contributed by atoms with E-state index in [1.165, 1.54) is 10.4 Å². The van der Waals surface area contributed by atoms with Crippen molar-refractivity contribution >= 4 is 34.8 Å². The van der Waals surface area contributed by atoms with E-state index in [9.17, 15) is 4.79 Å². The molecular formula is C17H20N4OS2. The van der Waals surface area contributed by atoms with Crippen LogP contribution in [0.1, 0.15) is 16.1 Å². The minimum Gasteiger partial charge on any atom is -0.355 e. The molecule has 5 nitrogen and oxygen atoms in total. The third kappa shape index (κ3) is 2.91. The van der Waals surface area contributed by atoms with Gasteiger partial charge in [-0.05, 0) is 36.6 Å². The Morgan fingerprint density at radius 1 is 1.38 bits per heavy atom. The molecule has 2 aliphatic rings. The summed E-state index contributed by atoms with van der Waals surface area (Å²) in [6.07, 6.45) is 2.98. The van der Waals surface area contributed by atoms with E-state index >= 15 is 0 Å². The molecule has 0 radical (unpaired) electrons. The Balaban J connectivity index is 1.39. The highest BCUT2D eigenvalue weighted by Crippen LogP contribution is 2.29. The van der Waals surface area contributed by atoms with Crippen LogP contribution in [-0.4, -0.2) is 46.7 Å². The maximum absolute atomic E-state index is 12.7. The summed E-state index contributed by atoms with van der Waals surface area (Å²) < 4.78 is 0. The molecule has 0 atom stereocenters. The second kappa shape index (κ2) is 6.37. The normalized spacial score (nSPS) is 17.6. The topological polar surface area (TPSA) is 49.3 Å². The van der Waals surface area contributed by atoms with Gasteiger partial charge in [-0.2, -0.15) is 0 Å². The summed E-state index contributed by atoms with van der Waals surface area (Å²) in [6, 6.07) is 4.15. The largest absolute Gasteiger partial charge is 0.355 e. The number of aromatic nitrogens is 2. The van der Waals surface area contributed by atoms with Crippen molar-refractivity contribution in [3.8, 4) is 0 Å². The minimum atomic E-state index is 0.0955. The van der Waals surface area contributed by atoms with Gasteiger partial charge in [-0.1, -0.05) is 11.8 Å². The van der Waals surface area contributed by atoms with E-state index < -0.39 is 0 Å². The lowest BCUT2D eigenvalue weighted by molar-refractivity contribution is -0.137. The van der Waals surface area contributed by atoms with Gasteiger partial charge in [-0.25, -0.2) is 9.97 Å². The average Bonchev–Trinajstić information content (AvgIpc) is 3.00. The SMILES string of the molecule is CSc1nc(C)cc(N2CC(C(=O)N3CCc4sccc4C3)C2)n1. The van der Waals surface area contributed by atoms with Crippen LogP contribution in [0, 0.1) is 12.8 Å². The molecule has 1 fully saturated rings. The number of nitrogens with zero attached hydrogens (tertiary/aromatic N) is 4. The van der Waals surface area contributed by atoms with E-state index in [4.69, 9.17) is 0 Å². The van der Waals surface area contributed by atoms with Crippen molar-refractivity contribution in [3.63, 3.8) is 0 Å². The van der Waals surface area contributed by atoms with Gasteiger partial charge in [0.05, 0.1) is 5.92 Å². The second-order valence-corrected chi connectivity index (χ2v) is 8.11. The number of anilines is 1. The van der Waals surface area contributed by atoms with Crippen LogP contribution in [-0.2, 0) is 17.8 Å². The van der Waals surface area contributed by atoms with E-state index in [1.807, 2.05) is 35.5 Å². The number of thiophene rings is 1. The number of thioether (sulfide) groups is 1. The van der Waals surface area contributed by atoms with Crippen LogP contribution in [0.15, 0.2) is 22.7 Å². The van der Waals surface area contributed by atoms with Gasteiger partial charge in [0, 0.05) is 42.8 Å². The summed E-state index contributed by atoms with van der Waals surface area (Å²) in [5, 5.41) is 2.92. The number of amides is 1. The molecule has 0 N–H and O–H groups in total. The summed E-state index contributed by atoms with van der Waals surface area (Å²) >= 11 is 3.36. The number of carbonyl (C=O) groups excluding carboxylic acids is 1. The zero-order valence-electron chi connectivity index (χ0n) is 13.9. The Bertz CT molecular complexity index is 770. The number of fused-ring (bicyclic) bond motifs is 1. The van der Waals surface area contributed by atoms with Gasteiger partial charge < -0.3 is 9.80 Å². The van der Waals surface area contributed by atoms with Crippen molar-refractivity contribution in [1.29, 1.82) is 0 Å². The average molecular weight is 361 g/mol. The Hall–Kier alpha value is -1.60. The van der Waals surface area contributed by atoms with Crippen molar-refractivity contribution in [2.45, 2.75) is 25.0 Å². The summed E-state index contributed by atoms with van der Waals surface area (Å²) in [6.45, 7) is 5.13. The molecule has 24 heavy (non-hydrogen) atoms. The predicted octanol–water partition coefficient (Wildman–Crippen LogP) is 2.59. The van der Waals surface area contributed by atoms with Gasteiger partial charge in [-0.3, -0.25) is 4.79 Å². The lowest BCUT2D eigenvalue weighted by Gasteiger charge is -2.42. The second-order valence-electron chi connectivity index (χ2n) is 6.33. The highest BCUT2D eigenvalue weighted by molar-refractivity contribution is 7.98. The van der Waals surface area contributed by atoms with Crippen LogP contribution in [0.3, 0.4) is 0 Å². The molecule has 2 aromatic heterocycles. The molecular weight excluding hydrogens is 340 g/mol. The fourth-order valence-electron chi connectivity index (χ4n) is 3.30. The molecule has 7 heteroatoms. The quantitative estimate of drug-likeness (QED) is 0.622. The first-order chi connectivity index (χ1) is 11.6. The van der Waals surface area contributed by atoms with Crippen molar-refractivity contribution < 1.29 is 4.79 Å². The Morgan fingerprint density at radius 2 is 2.21 bits per heavy atom. The maximum Gasteiger partial charge on any atom is 0.229 e. The molecule has 1 saturated heterocycles. The molecule has 2 aliphatic heterocycles. The molecule has 4 heterocycles. The van der Waals surface area contributed by atoms with E-state index in [0.29, 0.717) is 5.91 Å². The van der Waals surface area contributed by atoms with Crippen LogP contribution < -0.4 is 4.90 Å². The van der Waals surface area contributed by atoms with Gasteiger partial charge in [0.15, 0.2) is 5.16 Å². The van der Waals surface area contributed by atoms with Crippen LogP contribution in [0.2, 0.25) is 0 Å². The monoisotopic (exact) mass is 360 g/mol. The van der Waals surface area contributed by atoms with Crippen molar-refractivity contribution in [2.75, 3.05) is 30.8 Å². The smallest absolute Gasteiger partial charge is 0.229 e. The van der Waals surface area contributed by atoms with Crippen LogP contribution >= 0.6 is 23.1 Å². The zero-order valence-corrected chi connectivity index (χ0v) is 15.5. The number of carbonyl (C=O) groups is 1. The Kier molecular flexibility index (Phi) is 4.22. The fourth-order valence-corrected chi connectivity index (χ4v) is 4.60. The predicted molar refractivity (Wildman–Crippen MR) is 97.7 cm³/mol. The molecule has 0 aromatic carbocycles. The molecule has 0 aliphatic carbocycles. The van der Waals surface area contributed by atoms with Gasteiger partial charge in [0.2, 0.25) is 5.91 Å². The first-order valence-electron chi connectivity index (χ1n) is 8.12. The molecule has 0 saturated carbocycles. The van der Waals surface area contributed by atoms with Crippen molar-refractivity contribution in [3.05, 3.63) is 33.6 Å². The fraction of sp³-hybridized carbons (Fsp3) is 0.471. The number of hydrogen-bond donors (Lipinski definition) is 0. The number of rotatable bonds is 3. The van der Waals surface area contributed by atoms with Crippen molar-refractivity contribution in [2.24, 2.45) is 5.92 Å². The highest BCUT2D eigenvalue weighted by atomic mass is 32.2. The third-order valence-corrected chi connectivity index (χ3v) is 6.25. The first kappa shape index (κ1) is 15.9. The summed E-state index contributed by atoms with van der Waals surface area (Å²) in [4.78, 5) is 27.3. The molecule has 126 valence electrons. The van der Waals surface area contributed by atoms with E-state index in [1.54, 1.807) is 11.8 Å². The van der Waals surface area contributed by atoms with Crippen LogP contribution in [0.5, 0.6) is 0 Å². The van der Waals surface area contributed by atoms with Crippen LogP contribution in [0.25, 0.3) is 0 Å². The molecule has 0 unspecified atom stereocenters. The lowest BCUT2D eigenvalue weighted by Crippen LogP contribution is -2.55.